The van der Waals surface area contributed by atoms with Gasteiger partial charge in [0.2, 0.25) is 5.91 Å². The van der Waals surface area contributed by atoms with Crippen molar-refractivity contribution in [1.82, 2.24) is 10.6 Å². The minimum absolute atomic E-state index is 0.107. The highest BCUT2D eigenvalue weighted by atomic mass is 16.2. The Morgan fingerprint density at radius 2 is 2.15 bits per heavy atom. The molecule has 1 aliphatic rings. The molecule has 0 saturated heterocycles. The van der Waals surface area contributed by atoms with Gasteiger partial charge in [-0.15, -0.1) is 0 Å². The molecule has 3 nitrogen and oxygen atoms in total. The van der Waals surface area contributed by atoms with Crippen LogP contribution in [0.25, 0.3) is 0 Å². The van der Waals surface area contributed by atoms with Gasteiger partial charge in [0.1, 0.15) is 0 Å². The summed E-state index contributed by atoms with van der Waals surface area (Å²) in [5.74, 6) is 0.690. The highest BCUT2D eigenvalue weighted by Crippen LogP contribution is 2.33. The summed E-state index contributed by atoms with van der Waals surface area (Å²) in [6, 6.07) is 8.46. The Morgan fingerprint density at radius 1 is 1.35 bits per heavy atom. The second-order valence-electron chi connectivity index (χ2n) is 5.73. The molecular weight excluding hydrogens is 248 g/mol. The van der Waals surface area contributed by atoms with Gasteiger partial charge in [0.25, 0.3) is 0 Å². The highest BCUT2D eigenvalue weighted by Gasteiger charge is 2.25. The van der Waals surface area contributed by atoms with E-state index in [1.807, 2.05) is 6.92 Å². The monoisotopic (exact) mass is 274 g/mol. The van der Waals surface area contributed by atoms with Crippen molar-refractivity contribution in [3.63, 3.8) is 0 Å². The van der Waals surface area contributed by atoms with Gasteiger partial charge in [0, 0.05) is 19.0 Å². The predicted molar refractivity (Wildman–Crippen MR) is 82.9 cm³/mol. The average molecular weight is 274 g/mol. The molecule has 0 heterocycles. The van der Waals surface area contributed by atoms with E-state index < -0.39 is 0 Å². The predicted octanol–water partition coefficient (Wildman–Crippen LogP) is 2.61. The first-order valence-corrected chi connectivity index (χ1v) is 7.81. The number of rotatable bonds is 8. The molecule has 1 aromatic rings. The van der Waals surface area contributed by atoms with Gasteiger partial charge >= 0.3 is 0 Å². The van der Waals surface area contributed by atoms with Gasteiger partial charge in [-0.2, -0.15) is 0 Å². The molecule has 2 N–H and O–H groups in total. The van der Waals surface area contributed by atoms with Crippen LogP contribution in [-0.2, 0) is 11.2 Å². The van der Waals surface area contributed by atoms with Gasteiger partial charge in [0.05, 0.1) is 6.04 Å². The van der Waals surface area contributed by atoms with Crippen LogP contribution in [0.5, 0.6) is 0 Å². The summed E-state index contributed by atoms with van der Waals surface area (Å²) in [5.41, 5.74) is 2.89. The van der Waals surface area contributed by atoms with Gasteiger partial charge in [-0.25, -0.2) is 0 Å². The molecule has 3 heteroatoms. The van der Waals surface area contributed by atoms with Gasteiger partial charge in [0.15, 0.2) is 0 Å². The molecule has 0 aliphatic heterocycles. The number of nitrogens with one attached hydrogen (secondary N) is 2. The van der Waals surface area contributed by atoms with Crippen LogP contribution in [0.15, 0.2) is 24.3 Å². The van der Waals surface area contributed by atoms with Gasteiger partial charge in [-0.3, -0.25) is 4.79 Å². The van der Waals surface area contributed by atoms with Crippen molar-refractivity contribution in [1.29, 1.82) is 0 Å². The molecule has 2 unspecified atom stereocenters. The fraction of sp³-hybridized carbons (Fsp3) is 0.588. The lowest BCUT2D eigenvalue weighted by Gasteiger charge is -2.31. The molecule has 2 rings (SSSR count). The van der Waals surface area contributed by atoms with Gasteiger partial charge in [-0.05, 0) is 30.9 Å². The number of hydrogen-bond acceptors (Lipinski definition) is 2. The summed E-state index contributed by atoms with van der Waals surface area (Å²) in [7, 11) is 0. The van der Waals surface area contributed by atoms with Crippen LogP contribution in [0.4, 0.5) is 0 Å². The van der Waals surface area contributed by atoms with Crippen molar-refractivity contribution >= 4 is 5.91 Å². The maximum atomic E-state index is 11.9. The summed E-state index contributed by atoms with van der Waals surface area (Å²) in [6.07, 6.45) is 4.57. The molecule has 2 atom stereocenters. The Bertz CT molecular complexity index is 444. The summed E-state index contributed by atoms with van der Waals surface area (Å²) in [4.78, 5) is 11.9. The second kappa shape index (κ2) is 7.44. The molecule has 0 fully saturated rings. The Kier molecular flexibility index (Phi) is 5.60. The van der Waals surface area contributed by atoms with Crippen LogP contribution in [-0.4, -0.2) is 25.0 Å². The Labute approximate surface area is 122 Å². The van der Waals surface area contributed by atoms with Crippen LogP contribution in [0.1, 0.15) is 50.2 Å². The molecule has 0 radical (unpaired) electrons. The zero-order valence-electron chi connectivity index (χ0n) is 12.6. The van der Waals surface area contributed by atoms with E-state index in [1.54, 1.807) is 0 Å². The molecule has 0 bridgehead atoms. The maximum Gasteiger partial charge on any atom is 0.236 e. The molecule has 1 aromatic carbocycles. The van der Waals surface area contributed by atoms with Crippen LogP contribution >= 0.6 is 0 Å². The fourth-order valence-corrected chi connectivity index (χ4v) is 2.70. The molecule has 1 aliphatic carbocycles. The molecule has 1 amide bonds. The van der Waals surface area contributed by atoms with E-state index in [2.05, 4.69) is 41.8 Å². The van der Waals surface area contributed by atoms with Crippen molar-refractivity contribution < 1.29 is 4.79 Å². The number of amides is 1. The number of unbranched alkanes of at least 4 members (excludes halogenated alkanes) is 2. The Morgan fingerprint density at radius 3 is 2.90 bits per heavy atom. The summed E-state index contributed by atoms with van der Waals surface area (Å²) < 4.78 is 0. The third-order valence-corrected chi connectivity index (χ3v) is 4.10. The van der Waals surface area contributed by atoms with E-state index in [-0.39, 0.29) is 11.9 Å². The normalized spacial score (nSPS) is 18.0. The van der Waals surface area contributed by atoms with Crippen molar-refractivity contribution in [2.45, 2.75) is 51.5 Å². The fourth-order valence-electron chi connectivity index (χ4n) is 2.70. The minimum atomic E-state index is -0.107. The lowest BCUT2D eigenvalue weighted by molar-refractivity contribution is -0.122. The van der Waals surface area contributed by atoms with Gasteiger partial charge < -0.3 is 10.6 Å². The number of carbonyl (C=O) groups is 1. The zero-order chi connectivity index (χ0) is 14.4. The Hall–Kier alpha value is -1.35. The Balaban J connectivity index is 1.66. The molecular formula is C17H26N2O. The molecule has 0 spiro atoms. The highest BCUT2D eigenvalue weighted by molar-refractivity contribution is 5.81. The van der Waals surface area contributed by atoms with Crippen LogP contribution < -0.4 is 10.6 Å². The molecule has 20 heavy (non-hydrogen) atoms. The summed E-state index contributed by atoms with van der Waals surface area (Å²) in [5, 5.41) is 6.35. The summed E-state index contributed by atoms with van der Waals surface area (Å²) in [6.45, 7) is 5.80. The zero-order valence-corrected chi connectivity index (χ0v) is 12.6. The van der Waals surface area contributed by atoms with E-state index in [9.17, 15) is 4.79 Å². The summed E-state index contributed by atoms with van der Waals surface area (Å²) >= 11 is 0. The second-order valence-corrected chi connectivity index (χ2v) is 5.73. The van der Waals surface area contributed by atoms with Crippen LogP contribution in [0, 0.1) is 0 Å². The SMILES string of the molecule is CCCCCNC(=O)C(C)NCC1Cc2ccccc21. The maximum absolute atomic E-state index is 11.9. The van der Waals surface area contributed by atoms with Gasteiger partial charge in [-0.1, -0.05) is 44.0 Å². The first-order chi connectivity index (χ1) is 9.72. The van der Waals surface area contributed by atoms with E-state index in [0.29, 0.717) is 5.92 Å². The quantitative estimate of drug-likeness (QED) is 0.715. The number of hydrogen-bond donors (Lipinski definition) is 2. The first-order valence-electron chi connectivity index (χ1n) is 7.81. The lowest BCUT2D eigenvalue weighted by Crippen LogP contribution is -2.44. The largest absolute Gasteiger partial charge is 0.355 e. The van der Waals surface area contributed by atoms with Crippen LogP contribution in [0.2, 0.25) is 0 Å². The standard InChI is InChI=1S/C17H26N2O/c1-3-4-7-10-18-17(20)13(2)19-12-15-11-14-8-5-6-9-16(14)15/h5-6,8-9,13,15,19H,3-4,7,10-12H2,1-2H3,(H,18,20). The number of fused-ring (bicyclic) bond motifs is 1. The number of benzene rings is 1. The average Bonchev–Trinajstić information content (AvgIpc) is 2.44. The van der Waals surface area contributed by atoms with E-state index in [0.717, 1.165) is 25.9 Å². The van der Waals surface area contributed by atoms with Crippen molar-refractivity contribution in [2.75, 3.05) is 13.1 Å². The van der Waals surface area contributed by atoms with Crippen molar-refractivity contribution in [3.05, 3.63) is 35.4 Å². The third kappa shape index (κ3) is 3.83. The van der Waals surface area contributed by atoms with Crippen LogP contribution in [0.3, 0.4) is 0 Å². The third-order valence-electron chi connectivity index (χ3n) is 4.10. The van der Waals surface area contributed by atoms with Crippen molar-refractivity contribution in [2.24, 2.45) is 0 Å². The van der Waals surface area contributed by atoms with E-state index in [1.165, 1.54) is 24.0 Å². The first kappa shape index (κ1) is 15.0. The minimum Gasteiger partial charge on any atom is -0.355 e. The lowest BCUT2D eigenvalue weighted by atomic mass is 9.77. The molecule has 0 aromatic heterocycles. The number of carbonyl (C=O) groups excluding carboxylic acids is 1. The molecule has 0 saturated carbocycles. The molecule has 110 valence electrons. The van der Waals surface area contributed by atoms with E-state index >= 15 is 0 Å². The topological polar surface area (TPSA) is 41.1 Å². The smallest absolute Gasteiger partial charge is 0.236 e. The van der Waals surface area contributed by atoms with Crippen molar-refractivity contribution in [3.8, 4) is 0 Å². The van der Waals surface area contributed by atoms with E-state index in [4.69, 9.17) is 0 Å².